The maximum Gasteiger partial charge on any atom is 0.269 e. The van der Waals surface area contributed by atoms with Gasteiger partial charge in [0.15, 0.2) is 0 Å². The number of non-ortho nitro benzene ring substituents is 1. The molecular weight excluding hydrogens is 310 g/mol. The third-order valence-electron chi connectivity index (χ3n) is 3.40. The van der Waals surface area contributed by atoms with Crippen LogP contribution in [-0.4, -0.2) is 17.0 Å². The Balaban J connectivity index is 2.03. The number of benzene rings is 2. The number of nitrogens with zero attached hydrogens (tertiary/aromatic N) is 3. The van der Waals surface area contributed by atoms with Crippen LogP contribution in [0.25, 0.3) is 15.7 Å². The summed E-state index contributed by atoms with van der Waals surface area (Å²) in [5.74, 6) is 1.40. The molecule has 0 aliphatic carbocycles. The van der Waals surface area contributed by atoms with E-state index in [1.54, 1.807) is 24.4 Å². The fourth-order valence-electron chi connectivity index (χ4n) is 2.24. The van der Waals surface area contributed by atoms with E-state index >= 15 is 0 Å². The summed E-state index contributed by atoms with van der Waals surface area (Å²) < 4.78 is 11.0. The highest BCUT2D eigenvalue weighted by Gasteiger charge is 2.11. The predicted molar refractivity (Wildman–Crippen MR) is 87.7 cm³/mol. The van der Waals surface area contributed by atoms with Crippen LogP contribution in [0, 0.1) is 16.7 Å². The fourth-order valence-corrected chi connectivity index (χ4v) is 2.24. The van der Waals surface area contributed by atoms with Crippen LogP contribution in [-0.2, 0) is 0 Å². The van der Waals surface area contributed by atoms with Gasteiger partial charge in [-0.15, -0.1) is 0 Å². The molecular formula is C17H11N3O4. The fraction of sp³-hybridized carbons (Fsp3) is 0.0588. The Kier molecular flexibility index (Phi) is 3.95. The van der Waals surface area contributed by atoms with E-state index in [2.05, 4.69) is 9.83 Å². The molecule has 7 heteroatoms. The predicted octanol–water partition coefficient (Wildman–Crippen LogP) is 4.49. The van der Waals surface area contributed by atoms with Gasteiger partial charge in [0.2, 0.25) is 5.69 Å². The zero-order chi connectivity index (χ0) is 17.1. The number of pyridine rings is 1. The van der Waals surface area contributed by atoms with Crippen LogP contribution < -0.4 is 9.47 Å². The zero-order valence-corrected chi connectivity index (χ0v) is 12.6. The maximum absolute atomic E-state index is 10.7. The summed E-state index contributed by atoms with van der Waals surface area (Å²) in [7, 11) is 1.49. The lowest BCUT2D eigenvalue weighted by molar-refractivity contribution is -0.384. The topological polar surface area (TPSA) is 78.9 Å². The molecule has 0 aliphatic rings. The average molecular weight is 321 g/mol. The van der Waals surface area contributed by atoms with Gasteiger partial charge in [0.25, 0.3) is 5.69 Å². The smallest absolute Gasteiger partial charge is 0.269 e. The quantitative estimate of drug-likeness (QED) is 0.402. The van der Waals surface area contributed by atoms with Gasteiger partial charge in [-0.2, -0.15) is 0 Å². The number of nitro groups is 1. The molecule has 0 radical (unpaired) electrons. The molecule has 3 aromatic rings. The summed E-state index contributed by atoms with van der Waals surface area (Å²) in [6.07, 6.45) is 1.58. The summed E-state index contributed by atoms with van der Waals surface area (Å²) in [5.41, 5.74) is 0.965. The van der Waals surface area contributed by atoms with Crippen LogP contribution >= 0.6 is 0 Å². The summed E-state index contributed by atoms with van der Waals surface area (Å²) in [5, 5.41) is 11.3. The Bertz CT molecular complexity index is 962. The van der Waals surface area contributed by atoms with E-state index in [0.717, 1.165) is 0 Å². The minimum atomic E-state index is -0.472. The van der Waals surface area contributed by atoms with Crippen LogP contribution in [0.3, 0.4) is 0 Å². The number of methoxy groups -OCH3 is 1. The number of hydrogen-bond acceptors (Lipinski definition) is 5. The molecule has 7 nitrogen and oxygen atoms in total. The maximum atomic E-state index is 10.7. The molecule has 24 heavy (non-hydrogen) atoms. The van der Waals surface area contributed by atoms with Crippen molar-refractivity contribution in [3.8, 4) is 17.2 Å². The minimum Gasteiger partial charge on any atom is -0.508 e. The lowest BCUT2D eigenvalue weighted by Gasteiger charge is -2.10. The molecule has 1 aromatic heterocycles. The van der Waals surface area contributed by atoms with Gasteiger partial charge in [0.05, 0.1) is 24.1 Å². The first kappa shape index (κ1) is 15.2. The molecule has 0 unspecified atom stereocenters. The Morgan fingerprint density at radius 3 is 2.54 bits per heavy atom. The van der Waals surface area contributed by atoms with Gasteiger partial charge in [-0.25, -0.2) is 4.85 Å². The van der Waals surface area contributed by atoms with Crippen molar-refractivity contribution in [2.24, 2.45) is 0 Å². The van der Waals surface area contributed by atoms with Crippen LogP contribution in [0.5, 0.6) is 17.2 Å². The van der Waals surface area contributed by atoms with Crippen molar-refractivity contribution >= 4 is 22.3 Å². The molecule has 0 N–H and O–H groups in total. The third-order valence-corrected chi connectivity index (χ3v) is 3.40. The molecule has 118 valence electrons. The molecule has 0 saturated heterocycles. The highest BCUT2D eigenvalue weighted by atomic mass is 16.6. The molecule has 0 bridgehead atoms. The molecule has 0 fully saturated rings. The minimum absolute atomic E-state index is 0.0121. The first-order valence-corrected chi connectivity index (χ1v) is 6.89. The van der Waals surface area contributed by atoms with Crippen molar-refractivity contribution in [1.82, 2.24) is 4.98 Å². The highest BCUT2D eigenvalue weighted by Crippen LogP contribution is 2.37. The number of ether oxygens (including phenoxy) is 2. The number of aromatic nitrogens is 1. The third kappa shape index (κ3) is 2.80. The van der Waals surface area contributed by atoms with E-state index in [1.165, 1.54) is 31.4 Å². The Hall–Kier alpha value is -3.66. The second kappa shape index (κ2) is 6.22. The SMILES string of the molecule is [C-]#[N+]c1cc2c(Oc3ccc([N+](=O)[O-])cc3)ccnc2cc1OC. The lowest BCUT2D eigenvalue weighted by Crippen LogP contribution is -1.91. The van der Waals surface area contributed by atoms with E-state index < -0.39 is 4.92 Å². The normalized spacial score (nSPS) is 10.2. The second-order valence-electron chi connectivity index (χ2n) is 4.82. The summed E-state index contributed by atoms with van der Waals surface area (Å²) >= 11 is 0. The van der Waals surface area contributed by atoms with Crippen LogP contribution in [0.2, 0.25) is 0 Å². The van der Waals surface area contributed by atoms with Gasteiger partial charge in [-0.3, -0.25) is 15.1 Å². The van der Waals surface area contributed by atoms with E-state index in [9.17, 15) is 10.1 Å². The van der Waals surface area contributed by atoms with Crippen molar-refractivity contribution in [2.75, 3.05) is 7.11 Å². The van der Waals surface area contributed by atoms with Crippen LogP contribution in [0.15, 0.2) is 48.7 Å². The summed E-state index contributed by atoms with van der Waals surface area (Å²) in [4.78, 5) is 17.9. The van der Waals surface area contributed by atoms with Gasteiger partial charge < -0.3 is 9.47 Å². The Morgan fingerprint density at radius 2 is 1.92 bits per heavy atom. The van der Waals surface area contributed by atoms with E-state index in [0.29, 0.717) is 33.8 Å². The number of fused-ring (bicyclic) bond motifs is 1. The van der Waals surface area contributed by atoms with Crippen molar-refractivity contribution in [3.63, 3.8) is 0 Å². The van der Waals surface area contributed by atoms with E-state index in [1.807, 2.05) is 0 Å². The monoisotopic (exact) mass is 321 g/mol. The number of nitro benzene ring substituents is 1. The van der Waals surface area contributed by atoms with Crippen molar-refractivity contribution < 1.29 is 14.4 Å². The molecule has 0 atom stereocenters. The van der Waals surface area contributed by atoms with Gasteiger partial charge in [0.1, 0.15) is 17.2 Å². The first-order valence-electron chi connectivity index (χ1n) is 6.89. The van der Waals surface area contributed by atoms with Gasteiger partial charge in [0, 0.05) is 23.7 Å². The summed E-state index contributed by atoms with van der Waals surface area (Å²) in [6, 6.07) is 10.8. The molecule has 0 spiro atoms. The first-order chi connectivity index (χ1) is 11.6. The molecule has 3 rings (SSSR count). The van der Waals surface area contributed by atoms with Gasteiger partial charge >= 0.3 is 0 Å². The van der Waals surface area contributed by atoms with Gasteiger partial charge in [-0.05, 0) is 30.3 Å². The van der Waals surface area contributed by atoms with E-state index in [-0.39, 0.29) is 5.69 Å². The highest BCUT2D eigenvalue weighted by molar-refractivity contribution is 5.91. The zero-order valence-electron chi connectivity index (χ0n) is 12.6. The Labute approximate surface area is 137 Å². The number of rotatable bonds is 4. The average Bonchev–Trinajstić information content (AvgIpc) is 2.61. The largest absolute Gasteiger partial charge is 0.508 e. The molecule has 0 aliphatic heterocycles. The number of hydrogen-bond donors (Lipinski definition) is 0. The van der Waals surface area contributed by atoms with Crippen LogP contribution in [0.1, 0.15) is 0 Å². The Morgan fingerprint density at radius 1 is 1.17 bits per heavy atom. The molecule has 0 amide bonds. The van der Waals surface area contributed by atoms with Crippen LogP contribution in [0.4, 0.5) is 11.4 Å². The lowest BCUT2D eigenvalue weighted by atomic mass is 10.1. The molecule has 0 saturated carbocycles. The summed E-state index contributed by atoms with van der Waals surface area (Å²) in [6.45, 7) is 7.24. The molecule has 1 heterocycles. The second-order valence-corrected chi connectivity index (χ2v) is 4.82. The van der Waals surface area contributed by atoms with E-state index in [4.69, 9.17) is 16.0 Å². The van der Waals surface area contributed by atoms with Crippen molar-refractivity contribution in [3.05, 3.63) is 70.2 Å². The van der Waals surface area contributed by atoms with Crippen molar-refractivity contribution in [2.45, 2.75) is 0 Å². The van der Waals surface area contributed by atoms with Gasteiger partial charge in [-0.1, -0.05) is 0 Å². The standard InChI is InChI=1S/C17H11N3O4/c1-18-15-9-13-14(10-17(15)23-2)19-8-7-16(13)24-12-5-3-11(4-6-12)20(21)22/h3-10H,2H3. The molecule has 2 aromatic carbocycles. The van der Waals surface area contributed by atoms with Crippen molar-refractivity contribution in [1.29, 1.82) is 0 Å².